The maximum absolute atomic E-state index is 7.25. The van der Waals surface area contributed by atoms with E-state index < -0.39 is 8.32 Å². The van der Waals surface area contributed by atoms with Gasteiger partial charge in [-0.1, -0.05) is 51.1 Å². The molecule has 0 bridgehead atoms. The Morgan fingerprint density at radius 3 is 2.22 bits per heavy atom. The SMILES string of the molecule is [C-]#[N+]/C(=C\O[Si](C)(C)C(C)(C)C)c1ccccc1. The van der Waals surface area contributed by atoms with E-state index in [1.807, 2.05) is 30.3 Å². The smallest absolute Gasteiger partial charge is 0.247 e. The Hall–Kier alpha value is -1.53. The summed E-state index contributed by atoms with van der Waals surface area (Å²) in [4.78, 5) is 3.55. The molecular weight excluding hydrogens is 238 g/mol. The van der Waals surface area contributed by atoms with Crippen LogP contribution in [0.4, 0.5) is 0 Å². The summed E-state index contributed by atoms with van der Waals surface area (Å²) < 4.78 is 5.96. The van der Waals surface area contributed by atoms with Crippen LogP contribution in [-0.2, 0) is 4.43 Å². The van der Waals surface area contributed by atoms with E-state index in [-0.39, 0.29) is 5.04 Å². The largest absolute Gasteiger partial charge is 0.557 e. The van der Waals surface area contributed by atoms with Crippen LogP contribution in [0.25, 0.3) is 10.5 Å². The van der Waals surface area contributed by atoms with Gasteiger partial charge in [0.15, 0.2) is 0 Å². The third kappa shape index (κ3) is 3.48. The molecule has 0 aromatic heterocycles. The summed E-state index contributed by atoms with van der Waals surface area (Å²) in [6, 6.07) is 9.67. The molecule has 0 aliphatic carbocycles. The molecule has 2 nitrogen and oxygen atoms in total. The predicted octanol–water partition coefficient (Wildman–Crippen LogP) is 4.93. The van der Waals surface area contributed by atoms with Crippen molar-refractivity contribution in [2.24, 2.45) is 0 Å². The molecular formula is C15H21NOSi. The van der Waals surface area contributed by atoms with Gasteiger partial charge in [0, 0.05) is 0 Å². The minimum absolute atomic E-state index is 0.146. The van der Waals surface area contributed by atoms with Gasteiger partial charge >= 0.3 is 0 Å². The molecule has 1 aromatic rings. The van der Waals surface area contributed by atoms with Crippen molar-refractivity contribution in [3.63, 3.8) is 0 Å². The molecule has 1 rings (SSSR count). The minimum Gasteiger partial charge on any atom is -0.557 e. The Balaban J connectivity index is 2.93. The van der Waals surface area contributed by atoms with E-state index >= 15 is 0 Å². The lowest BCUT2D eigenvalue weighted by Crippen LogP contribution is -2.39. The maximum atomic E-state index is 7.25. The molecule has 0 fully saturated rings. The molecule has 1 aromatic carbocycles. The Morgan fingerprint density at radius 2 is 1.78 bits per heavy atom. The second kappa shape index (κ2) is 5.41. The molecule has 0 amide bonds. The molecule has 0 atom stereocenters. The van der Waals surface area contributed by atoms with E-state index in [1.165, 1.54) is 0 Å². The molecule has 0 heterocycles. The van der Waals surface area contributed by atoms with E-state index in [4.69, 9.17) is 11.0 Å². The average molecular weight is 259 g/mol. The quantitative estimate of drug-likeness (QED) is 0.426. The third-order valence-corrected chi connectivity index (χ3v) is 7.78. The number of rotatable bonds is 3. The Kier molecular flexibility index (Phi) is 4.36. The molecule has 96 valence electrons. The first kappa shape index (κ1) is 14.5. The summed E-state index contributed by atoms with van der Waals surface area (Å²) in [5.74, 6) is 0. The fourth-order valence-electron chi connectivity index (χ4n) is 1.15. The highest BCUT2D eigenvalue weighted by molar-refractivity contribution is 6.74. The number of benzene rings is 1. The average Bonchev–Trinajstić information content (AvgIpc) is 2.29. The van der Waals surface area contributed by atoms with Crippen LogP contribution >= 0.6 is 0 Å². The topological polar surface area (TPSA) is 13.6 Å². The van der Waals surface area contributed by atoms with Gasteiger partial charge in [-0.15, -0.1) is 0 Å². The zero-order valence-electron chi connectivity index (χ0n) is 11.8. The van der Waals surface area contributed by atoms with E-state index in [1.54, 1.807) is 6.26 Å². The summed E-state index contributed by atoms with van der Waals surface area (Å²) in [6.45, 7) is 18.2. The number of hydrogen-bond acceptors (Lipinski definition) is 1. The Labute approximate surface area is 111 Å². The van der Waals surface area contributed by atoms with Crippen molar-refractivity contribution in [1.29, 1.82) is 0 Å². The van der Waals surface area contributed by atoms with Crippen molar-refractivity contribution in [3.05, 3.63) is 53.6 Å². The first-order valence-corrected chi connectivity index (χ1v) is 8.99. The van der Waals surface area contributed by atoms with Crippen molar-refractivity contribution in [3.8, 4) is 0 Å². The van der Waals surface area contributed by atoms with Gasteiger partial charge in [-0.2, -0.15) is 0 Å². The van der Waals surface area contributed by atoms with Crippen molar-refractivity contribution in [2.45, 2.75) is 38.9 Å². The normalized spacial score (nSPS) is 13.0. The first-order valence-electron chi connectivity index (χ1n) is 6.09. The van der Waals surface area contributed by atoms with Crippen molar-refractivity contribution in [2.75, 3.05) is 0 Å². The van der Waals surface area contributed by atoms with Crippen LogP contribution in [-0.4, -0.2) is 8.32 Å². The second-order valence-electron chi connectivity index (χ2n) is 5.86. The molecule has 0 radical (unpaired) electrons. The van der Waals surface area contributed by atoms with Crippen LogP contribution in [0, 0.1) is 6.57 Å². The predicted molar refractivity (Wildman–Crippen MR) is 79.3 cm³/mol. The van der Waals surface area contributed by atoms with Crippen LogP contribution in [0.15, 0.2) is 36.6 Å². The number of hydrogen-bond donors (Lipinski definition) is 0. The van der Waals surface area contributed by atoms with Gasteiger partial charge in [0.25, 0.3) is 0 Å². The highest BCUT2D eigenvalue weighted by Gasteiger charge is 2.38. The fraction of sp³-hybridized carbons (Fsp3) is 0.400. The van der Waals surface area contributed by atoms with E-state index in [0.717, 1.165) is 5.56 Å². The van der Waals surface area contributed by atoms with Gasteiger partial charge in [0.1, 0.15) is 0 Å². The highest BCUT2D eigenvalue weighted by atomic mass is 28.4. The molecule has 0 aliphatic rings. The zero-order valence-corrected chi connectivity index (χ0v) is 12.8. The zero-order chi connectivity index (χ0) is 13.8. The lowest BCUT2D eigenvalue weighted by Gasteiger charge is -2.35. The van der Waals surface area contributed by atoms with Crippen LogP contribution in [0.1, 0.15) is 26.3 Å². The van der Waals surface area contributed by atoms with Gasteiger partial charge in [-0.25, -0.2) is 4.85 Å². The molecule has 0 N–H and O–H groups in total. The van der Waals surface area contributed by atoms with Crippen LogP contribution in [0.2, 0.25) is 18.1 Å². The van der Waals surface area contributed by atoms with Gasteiger partial charge in [0.05, 0.1) is 12.8 Å². The first-order chi connectivity index (χ1) is 8.28. The Bertz CT molecular complexity index is 464. The summed E-state index contributed by atoms with van der Waals surface area (Å²) >= 11 is 0. The van der Waals surface area contributed by atoms with Gasteiger partial charge in [-0.3, -0.25) is 0 Å². The van der Waals surface area contributed by atoms with Gasteiger partial charge < -0.3 is 4.43 Å². The van der Waals surface area contributed by atoms with Crippen molar-refractivity contribution >= 4 is 14.0 Å². The summed E-state index contributed by atoms with van der Waals surface area (Å²) in [7, 11) is -1.84. The highest BCUT2D eigenvalue weighted by Crippen LogP contribution is 2.37. The molecule has 0 saturated heterocycles. The summed E-state index contributed by atoms with van der Waals surface area (Å²) in [5.41, 5.74) is 1.48. The summed E-state index contributed by atoms with van der Waals surface area (Å²) in [6.07, 6.45) is 1.64. The standard InChI is InChI=1S/C15H21NOSi/c1-15(2,3)18(5,6)17-12-14(16-4)13-10-8-7-9-11-13/h7-12H,1-3,5-6H3/b14-12-. The molecule has 0 saturated carbocycles. The van der Waals surface area contributed by atoms with Gasteiger partial charge in [-0.05, 0) is 23.7 Å². The van der Waals surface area contributed by atoms with Crippen LogP contribution in [0.3, 0.4) is 0 Å². The third-order valence-electron chi connectivity index (χ3n) is 3.46. The van der Waals surface area contributed by atoms with Crippen molar-refractivity contribution in [1.82, 2.24) is 0 Å². The number of nitrogens with zero attached hydrogens (tertiary/aromatic N) is 1. The monoisotopic (exact) mass is 259 g/mol. The second-order valence-corrected chi connectivity index (χ2v) is 10.6. The molecule has 3 heteroatoms. The van der Waals surface area contributed by atoms with Crippen molar-refractivity contribution < 1.29 is 4.43 Å². The molecule has 18 heavy (non-hydrogen) atoms. The Morgan fingerprint density at radius 1 is 1.22 bits per heavy atom. The van der Waals surface area contributed by atoms with Crippen LogP contribution in [0.5, 0.6) is 0 Å². The minimum atomic E-state index is -1.84. The summed E-state index contributed by atoms with van der Waals surface area (Å²) in [5, 5.41) is 0.146. The van der Waals surface area contributed by atoms with Crippen LogP contribution < -0.4 is 0 Å². The maximum Gasteiger partial charge on any atom is 0.247 e. The van der Waals surface area contributed by atoms with E-state index in [2.05, 4.69) is 38.7 Å². The van der Waals surface area contributed by atoms with E-state index in [0.29, 0.717) is 5.70 Å². The molecule has 0 unspecified atom stereocenters. The van der Waals surface area contributed by atoms with Gasteiger partial charge in [0.2, 0.25) is 14.0 Å². The molecule has 0 aliphatic heterocycles. The fourth-order valence-corrected chi connectivity index (χ4v) is 1.91. The lowest BCUT2D eigenvalue weighted by molar-refractivity contribution is 0.432. The lowest BCUT2D eigenvalue weighted by atomic mass is 10.2. The van der Waals surface area contributed by atoms with E-state index in [9.17, 15) is 0 Å². The molecule has 0 spiro atoms.